The summed E-state index contributed by atoms with van der Waals surface area (Å²) in [6.45, 7) is 3.58. The first-order valence-corrected chi connectivity index (χ1v) is 12.9. The predicted molar refractivity (Wildman–Crippen MR) is 153 cm³/mol. The highest BCUT2D eigenvalue weighted by molar-refractivity contribution is 5.73. The lowest BCUT2D eigenvalue weighted by atomic mass is 10.0. The third-order valence-corrected chi connectivity index (χ3v) is 5.94. The molecule has 0 aliphatic carbocycles. The molecule has 1 atom stereocenters. The van der Waals surface area contributed by atoms with Crippen LogP contribution >= 0.6 is 0 Å². The van der Waals surface area contributed by atoms with E-state index in [1.807, 2.05) is 73.7 Å². The zero-order valence-electron chi connectivity index (χ0n) is 23.2. The summed E-state index contributed by atoms with van der Waals surface area (Å²) in [6.07, 6.45) is 4.41. The summed E-state index contributed by atoms with van der Waals surface area (Å²) < 4.78 is 20.2. The van der Waals surface area contributed by atoms with E-state index in [-0.39, 0.29) is 0 Å². The van der Waals surface area contributed by atoms with Gasteiger partial charge in [-0.15, -0.1) is 0 Å². The Morgan fingerprint density at radius 2 is 1.18 bits per heavy atom. The number of benzene rings is 2. The van der Waals surface area contributed by atoms with Crippen LogP contribution in [0, 0.1) is 0 Å². The van der Waals surface area contributed by atoms with Gasteiger partial charge in [0.15, 0.2) is 6.29 Å². The molecule has 8 heteroatoms. The number of aromatic nitrogens is 2. The summed E-state index contributed by atoms with van der Waals surface area (Å²) in [4.78, 5) is 18.9. The number of aliphatic hydroxyl groups is 1. The molecule has 0 amide bonds. The summed E-state index contributed by atoms with van der Waals surface area (Å²) in [6, 6.07) is 23.6. The van der Waals surface area contributed by atoms with E-state index in [9.17, 15) is 9.90 Å². The minimum absolute atomic E-state index is 0.291. The van der Waals surface area contributed by atoms with Crippen molar-refractivity contribution in [2.24, 2.45) is 0 Å². The summed E-state index contributed by atoms with van der Waals surface area (Å²) in [5, 5.41) is 9.74. The van der Waals surface area contributed by atoms with Crippen molar-refractivity contribution in [3.8, 4) is 22.3 Å². The lowest BCUT2D eigenvalue weighted by Gasteiger charge is -2.08. The molecule has 0 saturated carbocycles. The Hall–Kier alpha value is -3.79. The predicted octanol–water partition coefficient (Wildman–Crippen LogP) is 5.99. The second-order valence-corrected chi connectivity index (χ2v) is 8.89. The van der Waals surface area contributed by atoms with Gasteiger partial charge < -0.3 is 24.1 Å². The van der Waals surface area contributed by atoms with E-state index in [4.69, 9.17) is 18.9 Å². The maximum absolute atomic E-state index is 10.5. The zero-order chi connectivity index (χ0) is 28.6. The van der Waals surface area contributed by atoms with Crippen LogP contribution in [0.4, 0.5) is 0 Å². The number of methoxy groups -OCH3 is 2. The third-order valence-electron chi connectivity index (χ3n) is 5.94. The van der Waals surface area contributed by atoms with Crippen molar-refractivity contribution in [3.63, 3.8) is 0 Å². The zero-order valence-corrected chi connectivity index (χ0v) is 23.2. The number of hydrogen-bond acceptors (Lipinski definition) is 8. The topological polar surface area (TPSA) is 100 Å². The molecule has 0 aliphatic heterocycles. The van der Waals surface area contributed by atoms with Crippen LogP contribution in [-0.2, 0) is 32.2 Å². The van der Waals surface area contributed by atoms with E-state index >= 15 is 0 Å². The fourth-order valence-corrected chi connectivity index (χ4v) is 3.70. The van der Waals surface area contributed by atoms with Crippen LogP contribution in [0.25, 0.3) is 22.3 Å². The van der Waals surface area contributed by atoms with Crippen LogP contribution in [0.15, 0.2) is 85.2 Å². The number of nitrogens with zero attached hydrogens (tertiary/aromatic N) is 2. The molecule has 0 aliphatic rings. The minimum atomic E-state index is -0.487. The number of aldehydes is 1. The molecule has 0 radical (unpaired) electrons. The minimum Gasteiger partial charge on any atom is -0.387 e. The smallest absolute Gasteiger partial charge is 0.168 e. The molecule has 4 aromatic rings. The van der Waals surface area contributed by atoms with Crippen LogP contribution in [0.5, 0.6) is 0 Å². The first kappa shape index (κ1) is 30.7. The molecule has 0 fully saturated rings. The van der Waals surface area contributed by atoms with Gasteiger partial charge in [-0.1, -0.05) is 67.6 Å². The van der Waals surface area contributed by atoms with Crippen molar-refractivity contribution < 1.29 is 28.8 Å². The van der Waals surface area contributed by atoms with Crippen molar-refractivity contribution in [2.75, 3.05) is 27.8 Å². The largest absolute Gasteiger partial charge is 0.387 e. The molecule has 40 heavy (non-hydrogen) atoms. The average molecular weight is 545 g/mol. The first-order chi connectivity index (χ1) is 19.6. The van der Waals surface area contributed by atoms with Gasteiger partial charge in [-0.2, -0.15) is 0 Å². The Kier molecular flexibility index (Phi) is 13.1. The van der Waals surface area contributed by atoms with Gasteiger partial charge in [-0.05, 0) is 40.8 Å². The Morgan fingerprint density at radius 1 is 0.700 bits per heavy atom. The molecule has 2 aromatic carbocycles. The molecule has 1 N–H and O–H groups in total. The molecule has 0 saturated heterocycles. The fraction of sp³-hybridized carbons (Fsp3) is 0.281. The molecule has 8 nitrogen and oxygen atoms in total. The van der Waals surface area contributed by atoms with Gasteiger partial charge >= 0.3 is 0 Å². The van der Waals surface area contributed by atoms with Gasteiger partial charge in [0.1, 0.15) is 19.3 Å². The average Bonchev–Trinajstić information content (AvgIpc) is 3.02. The number of ether oxygens (including phenoxy) is 4. The van der Waals surface area contributed by atoms with Gasteiger partial charge in [0.2, 0.25) is 0 Å². The number of aliphatic hydroxyl groups excluding tert-OH is 1. The van der Waals surface area contributed by atoms with Gasteiger partial charge in [0.25, 0.3) is 0 Å². The van der Waals surface area contributed by atoms with E-state index in [1.165, 1.54) is 0 Å². The maximum atomic E-state index is 10.5. The monoisotopic (exact) mass is 544 g/mol. The van der Waals surface area contributed by atoms with Crippen LogP contribution in [0.1, 0.15) is 46.8 Å². The summed E-state index contributed by atoms with van der Waals surface area (Å²) in [5.74, 6) is 0. The molecule has 2 aromatic heterocycles. The number of rotatable bonds is 13. The number of carbonyl (C=O) groups excluding carboxylic acids is 1. The highest BCUT2D eigenvalue weighted by Gasteiger charge is 2.07. The quantitative estimate of drug-likeness (QED) is 0.124. The van der Waals surface area contributed by atoms with E-state index < -0.39 is 6.10 Å². The van der Waals surface area contributed by atoms with E-state index in [0.717, 1.165) is 39.7 Å². The van der Waals surface area contributed by atoms with Crippen molar-refractivity contribution >= 4 is 6.29 Å². The molecule has 0 bridgehead atoms. The summed E-state index contributed by atoms with van der Waals surface area (Å²) in [5.41, 5.74) is 7.50. The SMILES string of the molecule is CCC(O)c1ccc(-c2ccc(COCOC)cc2)cn1.COCOCc1ccc(-c2ccc(C=O)nc2)cc1. The van der Waals surface area contributed by atoms with Gasteiger partial charge in [-0.25, -0.2) is 0 Å². The number of hydrogen-bond donors (Lipinski definition) is 1. The Bertz CT molecular complexity index is 1260. The van der Waals surface area contributed by atoms with E-state index in [0.29, 0.717) is 44.6 Å². The number of carbonyl (C=O) groups is 1. The van der Waals surface area contributed by atoms with Crippen molar-refractivity contribution in [1.29, 1.82) is 0 Å². The van der Waals surface area contributed by atoms with E-state index in [1.54, 1.807) is 32.7 Å². The van der Waals surface area contributed by atoms with Gasteiger partial charge in [0.05, 0.1) is 25.0 Å². The van der Waals surface area contributed by atoms with Crippen LogP contribution in [0.2, 0.25) is 0 Å². The summed E-state index contributed by atoms with van der Waals surface area (Å²) >= 11 is 0. The molecule has 4 rings (SSSR count). The van der Waals surface area contributed by atoms with Gasteiger partial charge in [0, 0.05) is 37.7 Å². The standard InChI is InChI=1S/C17H21NO3.C15H15NO3/c1-3-17(19)16-9-8-15(10-18-16)14-6-4-13(5-7-14)11-21-12-20-2;1-18-11-19-10-12-2-4-13(5-3-12)14-6-7-15(9-17)16-8-14/h4-10,17,19H,3,11-12H2,1-2H3;2-9H,10-11H2,1H3. The Morgan fingerprint density at radius 3 is 1.55 bits per heavy atom. The summed E-state index contributed by atoms with van der Waals surface area (Å²) in [7, 11) is 3.20. The number of pyridine rings is 2. The second-order valence-electron chi connectivity index (χ2n) is 8.89. The first-order valence-electron chi connectivity index (χ1n) is 12.9. The molecular formula is C32H36N2O6. The molecule has 1 unspecified atom stereocenters. The van der Waals surface area contributed by atoms with Crippen molar-refractivity contribution in [3.05, 3.63) is 108 Å². The normalized spacial score (nSPS) is 11.4. The van der Waals surface area contributed by atoms with Gasteiger partial charge in [-0.3, -0.25) is 14.8 Å². The van der Waals surface area contributed by atoms with Crippen LogP contribution < -0.4 is 0 Å². The van der Waals surface area contributed by atoms with Crippen LogP contribution in [0.3, 0.4) is 0 Å². The Balaban J connectivity index is 0.000000222. The van der Waals surface area contributed by atoms with E-state index in [2.05, 4.69) is 9.97 Å². The molecular weight excluding hydrogens is 508 g/mol. The Labute approximate surface area is 235 Å². The van der Waals surface area contributed by atoms with Crippen molar-refractivity contribution in [2.45, 2.75) is 32.7 Å². The second kappa shape index (κ2) is 17.0. The maximum Gasteiger partial charge on any atom is 0.168 e. The highest BCUT2D eigenvalue weighted by atomic mass is 16.7. The van der Waals surface area contributed by atoms with Crippen molar-refractivity contribution in [1.82, 2.24) is 9.97 Å². The molecule has 210 valence electrons. The lowest BCUT2D eigenvalue weighted by Crippen LogP contribution is -1.98. The molecule has 0 spiro atoms. The lowest BCUT2D eigenvalue weighted by molar-refractivity contribution is -0.0391. The molecule has 2 heterocycles. The fourth-order valence-electron chi connectivity index (χ4n) is 3.70. The highest BCUT2D eigenvalue weighted by Crippen LogP contribution is 2.22. The van der Waals surface area contributed by atoms with Crippen LogP contribution in [-0.4, -0.2) is 49.2 Å². The third kappa shape index (κ3) is 9.75.